The molecule has 10 nitrogen and oxygen atoms in total. The lowest BCUT2D eigenvalue weighted by atomic mass is 10.2. The third-order valence-electron chi connectivity index (χ3n) is 5.00. The average Bonchev–Trinajstić information content (AvgIpc) is 3.36. The average molecular weight is 499 g/mol. The van der Waals surface area contributed by atoms with Crippen LogP contribution in [0.3, 0.4) is 0 Å². The first-order valence-corrected chi connectivity index (χ1v) is 13.6. The first-order valence-electron chi connectivity index (χ1n) is 9.83. The van der Waals surface area contributed by atoms with Crippen LogP contribution in [0, 0.1) is 0 Å². The lowest BCUT2D eigenvalue weighted by Gasteiger charge is -2.25. The highest BCUT2D eigenvalue weighted by atomic mass is 32.2. The molecular formula is C19H22N4O6S3. The Morgan fingerprint density at radius 1 is 1.25 bits per heavy atom. The maximum absolute atomic E-state index is 12.7. The summed E-state index contributed by atoms with van der Waals surface area (Å²) >= 11 is 1.10. The summed E-state index contributed by atoms with van der Waals surface area (Å²) in [5, 5.41) is 2.72. The van der Waals surface area contributed by atoms with Gasteiger partial charge in [-0.05, 0) is 31.2 Å². The molecule has 1 amide bonds. The second-order valence-corrected chi connectivity index (χ2v) is 12.2. The summed E-state index contributed by atoms with van der Waals surface area (Å²) in [6.07, 6.45) is 0. The summed E-state index contributed by atoms with van der Waals surface area (Å²) in [7, 11) is -7.26. The minimum absolute atomic E-state index is 0.123. The van der Waals surface area contributed by atoms with E-state index in [0.717, 1.165) is 11.3 Å². The third kappa shape index (κ3) is 4.57. The molecule has 1 aromatic carbocycles. The molecule has 0 spiro atoms. The molecule has 13 heteroatoms. The van der Waals surface area contributed by atoms with Crippen LogP contribution in [-0.2, 0) is 36.1 Å². The predicted molar refractivity (Wildman–Crippen MR) is 119 cm³/mol. The summed E-state index contributed by atoms with van der Waals surface area (Å²) in [5.41, 5.74) is 0.420. The Hall–Kier alpha value is -2.32. The molecule has 0 saturated carbocycles. The minimum atomic E-state index is -3.68. The zero-order chi connectivity index (χ0) is 22.9. The number of sulfonamides is 2. The van der Waals surface area contributed by atoms with Gasteiger partial charge < -0.3 is 10.1 Å². The lowest BCUT2D eigenvalue weighted by molar-refractivity contribution is -0.122. The van der Waals surface area contributed by atoms with Crippen molar-refractivity contribution in [3.63, 3.8) is 0 Å². The first-order chi connectivity index (χ1) is 15.2. The zero-order valence-corrected chi connectivity index (χ0v) is 19.6. The van der Waals surface area contributed by atoms with Crippen molar-refractivity contribution in [3.8, 4) is 0 Å². The van der Waals surface area contributed by atoms with E-state index in [2.05, 4.69) is 15.0 Å². The Balaban J connectivity index is 1.40. The Bertz CT molecular complexity index is 1260. The van der Waals surface area contributed by atoms with Gasteiger partial charge in [-0.15, -0.1) is 11.3 Å². The number of amides is 1. The van der Waals surface area contributed by atoms with Crippen LogP contribution in [0.5, 0.6) is 0 Å². The van der Waals surface area contributed by atoms with Gasteiger partial charge in [0.2, 0.25) is 5.91 Å². The van der Waals surface area contributed by atoms with Gasteiger partial charge in [-0.1, -0.05) is 12.1 Å². The van der Waals surface area contributed by atoms with Crippen molar-refractivity contribution < 1.29 is 26.4 Å². The number of thiophene rings is 1. The number of nitrogens with zero attached hydrogens (tertiary/aromatic N) is 2. The number of carbonyl (C=O) groups is 1. The molecule has 32 heavy (non-hydrogen) atoms. The Kier molecular flexibility index (Phi) is 6.36. The van der Waals surface area contributed by atoms with E-state index in [-0.39, 0.29) is 21.5 Å². The molecule has 4 rings (SSSR count). The van der Waals surface area contributed by atoms with Crippen LogP contribution in [0.2, 0.25) is 0 Å². The summed E-state index contributed by atoms with van der Waals surface area (Å²) in [5.74, 6) is -0.287. The van der Waals surface area contributed by atoms with E-state index in [1.807, 2.05) is 0 Å². The van der Waals surface area contributed by atoms with E-state index in [1.54, 1.807) is 31.2 Å². The van der Waals surface area contributed by atoms with Crippen molar-refractivity contribution in [1.29, 1.82) is 0 Å². The molecule has 2 aliphatic rings. The van der Waals surface area contributed by atoms with Gasteiger partial charge in [0.1, 0.15) is 16.1 Å². The number of nitrogens with one attached hydrogen (secondary N) is 2. The number of carbonyl (C=O) groups excluding carboxylic acids is 1. The Morgan fingerprint density at radius 3 is 2.72 bits per heavy atom. The molecule has 3 heterocycles. The molecule has 172 valence electrons. The first kappa shape index (κ1) is 22.9. The number of aliphatic imine (C=N–C) groups is 1. The molecule has 1 saturated heterocycles. The zero-order valence-electron chi connectivity index (χ0n) is 17.1. The maximum atomic E-state index is 12.7. The molecular weight excluding hydrogens is 476 g/mol. The van der Waals surface area contributed by atoms with Crippen molar-refractivity contribution in [2.75, 3.05) is 26.3 Å². The highest BCUT2D eigenvalue weighted by Gasteiger charge is 2.31. The van der Waals surface area contributed by atoms with Crippen molar-refractivity contribution in [3.05, 3.63) is 46.8 Å². The predicted octanol–water partition coefficient (Wildman–Crippen LogP) is 0.512. The van der Waals surface area contributed by atoms with Crippen LogP contribution in [0.4, 0.5) is 0 Å². The molecule has 0 unspecified atom stereocenters. The quantitative estimate of drug-likeness (QED) is 0.596. The summed E-state index contributed by atoms with van der Waals surface area (Å²) in [6.45, 7) is 3.07. The molecule has 1 aromatic heterocycles. The fourth-order valence-electron chi connectivity index (χ4n) is 3.31. The number of hydrogen-bond acceptors (Lipinski definition) is 8. The highest BCUT2D eigenvalue weighted by Crippen LogP contribution is 2.26. The molecule has 0 bridgehead atoms. The third-order valence-corrected chi connectivity index (χ3v) is 9.85. The van der Waals surface area contributed by atoms with Crippen molar-refractivity contribution >= 4 is 43.1 Å². The van der Waals surface area contributed by atoms with Crippen LogP contribution in [-0.4, -0.2) is 65.2 Å². The fraction of sp³-hybridized carbons (Fsp3) is 0.368. The smallest absolute Gasteiger partial charge is 0.263 e. The number of hydrogen-bond donors (Lipinski definition) is 2. The van der Waals surface area contributed by atoms with Gasteiger partial charge in [-0.25, -0.2) is 16.8 Å². The van der Waals surface area contributed by atoms with E-state index >= 15 is 0 Å². The molecule has 2 aromatic rings. The highest BCUT2D eigenvalue weighted by molar-refractivity contribution is 7.91. The van der Waals surface area contributed by atoms with Gasteiger partial charge in [0.05, 0.1) is 24.7 Å². The SMILES string of the molecule is C[C@@H](N=C1NS(=O)(=O)c2ccccc21)C(=O)NCc1ccc(S(=O)(=O)N2CCOCC2)s1. The number of morpholine rings is 1. The van der Waals surface area contributed by atoms with E-state index in [0.29, 0.717) is 36.7 Å². The molecule has 1 atom stereocenters. The normalized spacial score (nSPS) is 20.5. The largest absolute Gasteiger partial charge is 0.379 e. The van der Waals surface area contributed by atoms with E-state index in [1.165, 1.54) is 16.4 Å². The fourth-order valence-corrected chi connectivity index (χ4v) is 7.41. The molecule has 0 aliphatic carbocycles. The topological polar surface area (TPSA) is 134 Å². The summed E-state index contributed by atoms with van der Waals surface area (Å²) in [6, 6.07) is 8.76. The number of benzene rings is 1. The van der Waals surface area contributed by atoms with Gasteiger partial charge in [0.25, 0.3) is 20.0 Å². The van der Waals surface area contributed by atoms with Gasteiger partial charge in [-0.2, -0.15) is 4.31 Å². The molecule has 1 fully saturated rings. The maximum Gasteiger partial charge on any atom is 0.263 e. The second kappa shape index (κ2) is 8.90. The second-order valence-electron chi connectivity index (χ2n) is 7.21. The van der Waals surface area contributed by atoms with Crippen LogP contribution in [0.15, 0.2) is 50.5 Å². The van der Waals surface area contributed by atoms with Gasteiger partial charge >= 0.3 is 0 Å². The van der Waals surface area contributed by atoms with Crippen molar-refractivity contribution in [2.45, 2.75) is 28.6 Å². The van der Waals surface area contributed by atoms with Crippen LogP contribution < -0.4 is 10.0 Å². The van der Waals surface area contributed by atoms with Crippen LogP contribution >= 0.6 is 11.3 Å². The van der Waals surface area contributed by atoms with Crippen molar-refractivity contribution in [2.24, 2.45) is 4.99 Å². The monoisotopic (exact) mass is 498 g/mol. The van der Waals surface area contributed by atoms with Crippen LogP contribution in [0.1, 0.15) is 17.4 Å². The standard InChI is InChI=1S/C19H22N4O6S3/c1-13(21-18-15-4-2-3-5-16(15)31(25,26)22-18)19(24)20-12-14-6-7-17(30-14)32(27,28)23-8-10-29-11-9-23/h2-7,13H,8-12H2,1H3,(H,20,24)(H,21,22)/t13-/m1/s1. The molecule has 2 N–H and O–H groups in total. The lowest BCUT2D eigenvalue weighted by Crippen LogP contribution is -2.40. The Labute approximate surface area is 190 Å². The summed E-state index contributed by atoms with van der Waals surface area (Å²) in [4.78, 5) is 17.5. The van der Waals surface area contributed by atoms with Gasteiger partial charge in [-0.3, -0.25) is 14.5 Å². The Morgan fingerprint density at radius 2 is 1.97 bits per heavy atom. The summed E-state index contributed by atoms with van der Waals surface area (Å²) < 4.78 is 59.0. The van der Waals surface area contributed by atoms with Crippen LogP contribution in [0.25, 0.3) is 0 Å². The van der Waals surface area contributed by atoms with E-state index in [4.69, 9.17) is 4.74 Å². The van der Waals surface area contributed by atoms with Gasteiger partial charge in [0, 0.05) is 23.5 Å². The van der Waals surface area contributed by atoms with Crippen molar-refractivity contribution in [1.82, 2.24) is 14.3 Å². The number of rotatable bonds is 6. The van der Waals surface area contributed by atoms with E-state index < -0.39 is 32.0 Å². The number of amidine groups is 1. The van der Waals surface area contributed by atoms with E-state index in [9.17, 15) is 21.6 Å². The number of ether oxygens (including phenoxy) is 1. The molecule has 0 radical (unpaired) electrons. The van der Waals surface area contributed by atoms with Gasteiger partial charge in [0.15, 0.2) is 0 Å². The molecule has 2 aliphatic heterocycles. The minimum Gasteiger partial charge on any atom is -0.379 e. The number of fused-ring (bicyclic) bond motifs is 1.